The second-order valence-electron chi connectivity index (χ2n) is 5.69. The Balaban J connectivity index is 1.88. The van der Waals surface area contributed by atoms with Crippen LogP contribution in [0.2, 0.25) is 0 Å². The molecule has 3 amide bonds. The van der Waals surface area contributed by atoms with Crippen LogP contribution in [0.1, 0.15) is 25.7 Å². The summed E-state index contributed by atoms with van der Waals surface area (Å²) in [5.41, 5.74) is -0.827. The van der Waals surface area contributed by atoms with Crippen molar-refractivity contribution in [1.82, 2.24) is 15.1 Å². The van der Waals surface area contributed by atoms with Crippen LogP contribution >= 0.6 is 0 Å². The highest BCUT2D eigenvalue weighted by atomic mass is 16.4. The number of carbonyl (C=O) groups excluding carboxylic acids is 2. The van der Waals surface area contributed by atoms with Gasteiger partial charge < -0.3 is 20.2 Å². The summed E-state index contributed by atoms with van der Waals surface area (Å²) in [5.74, 6) is -0.940. The van der Waals surface area contributed by atoms with E-state index in [1.165, 1.54) is 4.90 Å². The van der Waals surface area contributed by atoms with Crippen LogP contribution < -0.4 is 5.32 Å². The summed E-state index contributed by atoms with van der Waals surface area (Å²) in [4.78, 5) is 38.0. The average molecular weight is 283 g/mol. The Labute approximate surface area is 117 Å². The largest absolute Gasteiger partial charge is 0.481 e. The van der Waals surface area contributed by atoms with Gasteiger partial charge in [0.1, 0.15) is 6.54 Å². The third-order valence-corrected chi connectivity index (χ3v) is 4.34. The third-order valence-electron chi connectivity index (χ3n) is 4.34. The molecule has 0 aromatic rings. The molecule has 0 unspecified atom stereocenters. The number of piperazine rings is 1. The monoisotopic (exact) mass is 283 g/mol. The van der Waals surface area contributed by atoms with Crippen LogP contribution in [-0.2, 0) is 9.59 Å². The van der Waals surface area contributed by atoms with Crippen molar-refractivity contribution in [2.24, 2.45) is 5.41 Å². The van der Waals surface area contributed by atoms with Crippen molar-refractivity contribution >= 4 is 17.9 Å². The molecule has 7 nitrogen and oxygen atoms in total. The minimum absolute atomic E-state index is 0.0579. The van der Waals surface area contributed by atoms with Gasteiger partial charge in [0.15, 0.2) is 0 Å². The lowest BCUT2D eigenvalue weighted by Gasteiger charge is -2.33. The van der Waals surface area contributed by atoms with Crippen LogP contribution in [0, 0.1) is 5.41 Å². The molecule has 20 heavy (non-hydrogen) atoms. The quantitative estimate of drug-likeness (QED) is 0.769. The molecule has 0 aromatic carbocycles. The molecular weight excluding hydrogens is 262 g/mol. The number of urea groups is 1. The Morgan fingerprint density at radius 1 is 1.30 bits per heavy atom. The zero-order chi connectivity index (χ0) is 14.8. The Morgan fingerprint density at radius 3 is 2.50 bits per heavy atom. The van der Waals surface area contributed by atoms with Crippen molar-refractivity contribution in [1.29, 1.82) is 0 Å². The van der Waals surface area contributed by atoms with Crippen molar-refractivity contribution in [2.75, 3.05) is 33.2 Å². The van der Waals surface area contributed by atoms with Crippen LogP contribution in [0.3, 0.4) is 0 Å². The van der Waals surface area contributed by atoms with Crippen LogP contribution in [0.25, 0.3) is 0 Å². The van der Waals surface area contributed by atoms with Gasteiger partial charge in [-0.2, -0.15) is 0 Å². The maximum absolute atomic E-state index is 12.0. The number of rotatable bonds is 3. The van der Waals surface area contributed by atoms with Gasteiger partial charge in [0.2, 0.25) is 5.91 Å². The van der Waals surface area contributed by atoms with E-state index in [2.05, 4.69) is 5.32 Å². The van der Waals surface area contributed by atoms with E-state index < -0.39 is 11.4 Å². The highest BCUT2D eigenvalue weighted by Crippen LogP contribution is 2.37. The summed E-state index contributed by atoms with van der Waals surface area (Å²) in [6.45, 7) is 1.19. The van der Waals surface area contributed by atoms with Gasteiger partial charge in [0.25, 0.3) is 0 Å². The molecule has 1 saturated carbocycles. The first kappa shape index (κ1) is 14.6. The summed E-state index contributed by atoms with van der Waals surface area (Å²) in [6, 6.07) is -0.348. The first-order valence-electron chi connectivity index (χ1n) is 6.95. The van der Waals surface area contributed by atoms with Gasteiger partial charge in [-0.1, -0.05) is 12.8 Å². The van der Waals surface area contributed by atoms with Crippen molar-refractivity contribution in [3.05, 3.63) is 0 Å². The van der Waals surface area contributed by atoms with E-state index in [1.807, 2.05) is 0 Å². The molecule has 2 N–H and O–H groups in total. The highest BCUT2D eigenvalue weighted by Gasteiger charge is 2.41. The third kappa shape index (κ3) is 2.86. The second kappa shape index (κ2) is 5.68. The van der Waals surface area contributed by atoms with E-state index in [0.29, 0.717) is 25.9 Å². The standard InChI is InChI=1S/C13H21N3O4/c1-15-6-7-16(8-10(15)17)12(20)14-9-13(11(18)19)4-2-3-5-13/h2-9H2,1H3,(H,14,20)(H,18,19). The van der Waals surface area contributed by atoms with Crippen LogP contribution in [0.4, 0.5) is 4.79 Å². The maximum atomic E-state index is 12.0. The Kier molecular flexibility index (Phi) is 4.15. The lowest BCUT2D eigenvalue weighted by atomic mass is 9.86. The first-order chi connectivity index (χ1) is 9.44. The molecule has 0 aromatic heterocycles. The molecule has 1 saturated heterocycles. The van der Waals surface area contributed by atoms with Crippen molar-refractivity contribution < 1.29 is 19.5 Å². The van der Waals surface area contributed by atoms with Gasteiger partial charge in [0.05, 0.1) is 5.41 Å². The smallest absolute Gasteiger partial charge is 0.317 e. The maximum Gasteiger partial charge on any atom is 0.317 e. The SMILES string of the molecule is CN1CCN(C(=O)NCC2(C(=O)O)CCCC2)CC1=O. The topological polar surface area (TPSA) is 89.9 Å². The van der Waals surface area contributed by atoms with Gasteiger partial charge in [0, 0.05) is 26.7 Å². The summed E-state index contributed by atoms with van der Waals surface area (Å²) in [5, 5.41) is 12.0. The van der Waals surface area contributed by atoms with Crippen LogP contribution in [0.15, 0.2) is 0 Å². The molecule has 0 spiro atoms. The first-order valence-corrected chi connectivity index (χ1v) is 6.95. The molecule has 0 radical (unpaired) electrons. The number of carboxylic acid groups (broad SMARTS) is 1. The number of amides is 3. The zero-order valence-electron chi connectivity index (χ0n) is 11.7. The average Bonchev–Trinajstić information content (AvgIpc) is 2.89. The lowest BCUT2D eigenvalue weighted by Crippen LogP contribution is -2.55. The Hall–Kier alpha value is -1.79. The van der Waals surface area contributed by atoms with Crippen LogP contribution in [0.5, 0.6) is 0 Å². The van der Waals surface area contributed by atoms with Gasteiger partial charge >= 0.3 is 12.0 Å². The number of hydrogen-bond acceptors (Lipinski definition) is 3. The predicted octanol–water partition coefficient (Wildman–Crippen LogP) is 0.115. The van der Waals surface area contributed by atoms with E-state index in [4.69, 9.17) is 0 Å². The molecule has 2 aliphatic rings. The summed E-state index contributed by atoms with van der Waals surface area (Å²) >= 11 is 0. The van der Waals surface area contributed by atoms with Gasteiger partial charge in [-0.3, -0.25) is 9.59 Å². The fourth-order valence-electron chi connectivity index (χ4n) is 2.81. The van der Waals surface area contributed by atoms with Crippen LogP contribution in [-0.4, -0.2) is 66.0 Å². The molecule has 1 aliphatic heterocycles. The number of nitrogens with one attached hydrogen (secondary N) is 1. The fourth-order valence-corrected chi connectivity index (χ4v) is 2.81. The molecule has 2 rings (SSSR count). The summed E-state index contributed by atoms with van der Waals surface area (Å²) in [7, 11) is 1.70. The van der Waals surface area contributed by atoms with Gasteiger partial charge in [-0.15, -0.1) is 0 Å². The van der Waals surface area contributed by atoms with Crippen molar-refractivity contribution in [3.63, 3.8) is 0 Å². The van der Waals surface area contributed by atoms with Crippen molar-refractivity contribution in [3.8, 4) is 0 Å². The summed E-state index contributed by atoms with van der Waals surface area (Å²) < 4.78 is 0. The Bertz CT molecular complexity index is 418. The highest BCUT2D eigenvalue weighted by molar-refractivity contribution is 5.85. The molecule has 7 heteroatoms. The normalized spacial score (nSPS) is 21.9. The lowest BCUT2D eigenvalue weighted by molar-refractivity contribution is -0.148. The number of carboxylic acids is 1. The van der Waals surface area contributed by atoms with Gasteiger partial charge in [-0.05, 0) is 12.8 Å². The number of nitrogens with zero attached hydrogens (tertiary/aromatic N) is 2. The minimum Gasteiger partial charge on any atom is -0.481 e. The Morgan fingerprint density at radius 2 is 1.95 bits per heavy atom. The molecule has 1 aliphatic carbocycles. The van der Waals surface area contributed by atoms with E-state index in [1.54, 1.807) is 11.9 Å². The van der Waals surface area contributed by atoms with E-state index >= 15 is 0 Å². The predicted molar refractivity (Wildman–Crippen MR) is 71.1 cm³/mol. The molecule has 0 bridgehead atoms. The number of carbonyl (C=O) groups is 3. The van der Waals surface area contributed by atoms with E-state index in [0.717, 1.165) is 12.8 Å². The fraction of sp³-hybridized carbons (Fsp3) is 0.769. The molecular formula is C13H21N3O4. The molecule has 112 valence electrons. The molecule has 0 atom stereocenters. The second-order valence-corrected chi connectivity index (χ2v) is 5.69. The van der Waals surface area contributed by atoms with E-state index in [9.17, 15) is 19.5 Å². The minimum atomic E-state index is -0.843. The van der Waals surface area contributed by atoms with Gasteiger partial charge in [-0.25, -0.2) is 4.79 Å². The number of hydrogen-bond donors (Lipinski definition) is 2. The van der Waals surface area contributed by atoms with E-state index in [-0.39, 0.29) is 25.0 Å². The number of aliphatic carboxylic acids is 1. The zero-order valence-corrected chi connectivity index (χ0v) is 11.7. The van der Waals surface area contributed by atoms with Crippen molar-refractivity contribution in [2.45, 2.75) is 25.7 Å². The molecule has 1 heterocycles. The number of likely N-dealkylation sites (N-methyl/N-ethyl adjacent to an activating group) is 1. The molecule has 2 fully saturated rings. The summed E-state index contributed by atoms with van der Waals surface area (Å²) in [6.07, 6.45) is 2.97.